The quantitative estimate of drug-likeness (QED) is 0.0377. The highest BCUT2D eigenvalue weighted by atomic mass is 32.2. The summed E-state index contributed by atoms with van der Waals surface area (Å²) in [6, 6.07) is 22.7. The molecule has 63 heavy (non-hydrogen) atoms. The Hall–Kier alpha value is -7.10. The van der Waals surface area contributed by atoms with Gasteiger partial charge in [0.25, 0.3) is 40.5 Å². The monoisotopic (exact) mass is 933 g/mol. The van der Waals surface area contributed by atoms with Crippen LogP contribution in [0.25, 0.3) is 23.3 Å². The number of allylic oxidation sites excluding steroid dienone is 2. The zero-order valence-corrected chi connectivity index (χ0v) is 34.6. The maximum atomic E-state index is 13.7. The van der Waals surface area contributed by atoms with Crippen molar-refractivity contribution in [2.45, 2.75) is 14.7 Å². The van der Waals surface area contributed by atoms with Crippen LogP contribution < -0.4 is 16.6 Å². The number of benzene rings is 5. The molecule has 8 N–H and O–H groups in total. The summed E-state index contributed by atoms with van der Waals surface area (Å²) in [6.45, 7) is 0. The minimum Gasteiger partial charge on any atom is -0.396 e. The highest BCUT2D eigenvalue weighted by Gasteiger charge is 2.37. The number of nitrogens with one attached hydrogen (secondary N) is 2. The van der Waals surface area contributed by atoms with Gasteiger partial charge in [0.15, 0.2) is 5.71 Å². The van der Waals surface area contributed by atoms with Crippen LogP contribution in [-0.4, -0.2) is 74.9 Å². The van der Waals surface area contributed by atoms with Crippen LogP contribution in [0, 0.1) is 0 Å². The molecule has 0 amide bonds. The molecule has 7 rings (SSSR count). The second-order valence-corrected chi connectivity index (χ2v) is 18.8. The highest BCUT2D eigenvalue weighted by Crippen LogP contribution is 2.41. The first-order valence-electron chi connectivity index (χ1n) is 17.4. The van der Waals surface area contributed by atoms with Crippen molar-refractivity contribution in [2.75, 3.05) is 16.6 Å². The maximum Gasteiger partial charge on any atom is 0.296 e. The van der Waals surface area contributed by atoms with E-state index in [9.17, 15) is 61.5 Å². The number of azo groups is 1. The number of para-hydroxylation sites is 1. The lowest BCUT2D eigenvalue weighted by Crippen LogP contribution is -2.28. The van der Waals surface area contributed by atoms with Crippen molar-refractivity contribution in [1.82, 2.24) is 0 Å². The van der Waals surface area contributed by atoms with Crippen molar-refractivity contribution >= 4 is 104 Å². The van der Waals surface area contributed by atoms with E-state index in [2.05, 4.69) is 31.3 Å². The molecule has 0 saturated carbocycles. The number of carbonyl (C=O) groups excluding carboxylic acids is 2. The third-order valence-electron chi connectivity index (χ3n) is 9.14. The number of ketones is 2. The Morgan fingerprint density at radius 1 is 0.540 bits per heavy atom. The molecule has 0 saturated heterocycles. The summed E-state index contributed by atoms with van der Waals surface area (Å²) in [5.41, 5.74) is 9.51. The fraction of sp³-hybridized carbons (Fsp3) is 0. The van der Waals surface area contributed by atoms with Gasteiger partial charge in [0.2, 0.25) is 11.6 Å². The number of fused-ring (bicyclic) bond motifs is 2. The molecule has 2 aliphatic carbocycles. The Labute approximate surface area is 357 Å². The van der Waals surface area contributed by atoms with Crippen molar-refractivity contribution in [1.29, 1.82) is 0 Å². The predicted molar refractivity (Wildman–Crippen MR) is 228 cm³/mol. The molecule has 0 bridgehead atoms. The number of hydrogen-bond donors (Lipinski definition) is 7. The molecule has 0 aromatic heterocycles. The summed E-state index contributed by atoms with van der Waals surface area (Å²) in [4.78, 5) is 22.8. The van der Waals surface area contributed by atoms with E-state index in [1.807, 2.05) is 0 Å². The van der Waals surface area contributed by atoms with Crippen LogP contribution >= 0.6 is 0 Å². The number of rotatable bonds is 11. The third-order valence-corrected chi connectivity index (χ3v) is 12.6. The van der Waals surface area contributed by atoms with Crippen molar-refractivity contribution < 1.29 is 61.5 Å². The number of nitrogens with zero attached hydrogens (tertiary/aromatic N) is 4. The molecule has 0 fully saturated rings. The van der Waals surface area contributed by atoms with Gasteiger partial charge in [-0.1, -0.05) is 48.5 Å². The largest absolute Gasteiger partial charge is 0.396 e. The maximum absolute atomic E-state index is 13.7. The van der Waals surface area contributed by atoms with Crippen molar-refractivity contribution in [3.63, 3.8) is 0 Å². The topological polar surface area (TPSA) is 351 Å². The van der Waals surface area contributed by atoms with Gasteiger partial charge in [-0.15, -0.1) is 5.11 Å². The molecular weight excluding hydrogens is 907 g/mol. The SMILES string of the molecule is Nc1c(N=Nc2ccc(-c3ccc(NN=C4C(=O)C=Cc5cc(S(=O)(=O)O)cc(S(=O)(=O)O)c54)cc3)cc2)c(S(=O)(=O)O)cc2c1C(=O)C(=NNc1ccccc1)C(S(=O)(=O)O)=C2. The first-order chi connectivity index (χ1) is 29.5. The van der Waals surface area contributed by atoms with E-state index in [1.165, 1.54) is 12.1 Å². The van der Waals surface area contributed by atoms with Crippen molar-refractivity contribution in [3.8, 4) is 11.1 Å². The van der Waals surface area contributed by atoms with Gasteiger partial charge in [-0.25, -0.2) is 0 Å². The number of Topliss-reactive ketones (excluding diaryl/α,β-unsaturated/α-hetero) is 1. The summed E-state index contributed by atoms with van der Waals surface area (Å²) in [5, 5.41) is 15.8. The minimum atomic E-state index is -5.14. The van der Waals surface area contributed by atoms with E-state index in [-0.39, 0.29) is 16.8 Å². The smallest absolute Gasteiger partial charge is 0.296 e. The van der Waals surface area contributed by atoms with Gasteiger partial charge in [-0.05, 0) is 89.0 Å². The van der Waals surface area contributed by atoms with Crippen LogP contribution in [0.4, 0.5) is 28.4 Å². The third kappa shape index (κ3) is 9.25. The number of nitrogen functional groups attached to an aromatic ring is 1. The molecule has 0 unspecified atom stereocenters. The van der Waals surface area contributed by atoms with Crippen molar-refractivity contribution in [3.05, 3.63) is 130 Å². The van der Waals surface area contributed by atoms with Crippen LogP contribution in [0.5, 0.6) is 0 Å². The molecule has 21 nitrogen and oxygen atoms in total. The Balaban J connectivity index is 1.15. The van der Waals surface area contributed by atoms with Crippen LogP contribution in [0.1, 0.15) is 27.0 Å². The van der Waals surface area contributed by atoms with Gasteiger partial charge in [-0.3, -0.25) is 38.7 Å². The zero-order valence-electron chi connectivity index (χ0n) is 31.3. The van der Waals surface area contributed by atoms with E-state index < -0.39 is 106 Å². The number of hydrogen-bond acceptors (Lipinski definition) is 17. The molecule has 5 aromatic rings. The summed E-state index contributed by atoms with van der Waals surface area (Å²) >= 11 is 0. The average Bonchev–Trinajstić information content (AvgIpc) is 3.21. The minimum absolute atomic E-state index is 0.137. The molecule has 2 aliphatic rings. The normalized spacial score (nSPS) is 15.7. The molecule has 0 aliphatic heterocycles. The molecule has 25 heteroatoms. The van der Waals surface area contributed by atoms with Gasteiger partial charge in [0.05, 0.1) is 33.2 Å². The van der Waals surface area contributed by atoms with Gasteiger partial charge in [0, 0.05) is 5.56 Å². The molecule has 0 radical (unpaired) electrons. The van der Waals surface area contributed by atoms with Gasteiger partial charge >= 0.3 is 0 Å². The second kappa shape index (κ2) is 16.3. The van der Waals surface area contributed by atoms with E-state index in [1.54, 1.807) is 66.7 Å². The first-order valence-corrected chi connectivity index (χ1v) is 23.2. The lowest BCUT2D eigenvalue weighted by atomic mass is 9.92. The molecule has 0 heterocycles. The van der Waals surface area contributed by atoms with Gasteiger partial charge < -0.3 is 5.73 Å². The Kier molecular flexibility index (Phi) is 11.4. The molecule has 322 valence electrons. The number of nitrogens with two attached hydrogens (primary N) is 1. The first kappa shape index (κ1) is 44.0. The van der Waals surface area contributed by atoms with E-state index in [4.69, 9.17) is 5.73 Å². The number of carbonyl (C=O) groups is 2. The van der Waals surface area contributed by atoms with Crippen LogP contribution in [0.3, 0.4) is 0 Å². The second-order valence-electron chi connectivity index (χ2n) is 13.3. The summed E-state index contributed by atoms with van der Waals surface area (Å²) in [6.07, 6.45) is 2.86. The lowest BCUT2D eigenvalue weighted by molar-refractivity contribution is -0.108. The Morgan fingerprint density at radius 2 is 1.11 bits per heavy atom. The number of anilines is 3. The van der Waals surface area contributed by atoms with E-state index >= 15 is 0 Å². The van der Waals surface area contributed by atoms with Crippen LogP contribution in [0.15, 0.2) is 143 Å². The molecule has 0 atom stereocenters. The summed E-state index contributed by atoms with van der Waals surface area (Å²) in [5.74, 6) is -1.92. The zero-order chi connectivity index (χ0) is 45.6. The lowest BCUT2D eigenvalue weighted by Gasteiger charge is -2.20. The average molecular weight is 934 g/mol. The van der Waals surface area contributed by atoms with E-state index in [0.717, 1.165) is 30.4 Å². The van der Waals surface area contributed by atoms with Gasteiger partial charge in [-0.2, -0.15) is 49.0 Å². The predicted octanol–water partition coefficient (Wildman–Crippen LogP) is 5.40. The Morgan fingerprint density at radius 3 is 1.68 bits per heavy atom. The number of hydrazone groups is 2. The van der Waals surface area contributed by atoms with E-state index in [0.29, 0.717) is 28.6 Å². The molecule has 5 aromatic carbocycles. The highest BCUT2D eigenvalue weighted by molar-refractivity contribution is 7.91. The summed E-state index contributed by atoms with van der Waals surface area (Å²) in [7, 11) is -20.3. The van der Waals surface area contributed by atoms with Gasteiger partial charge in [0.1, 0.15) is 26.1 Å². The molecule has 0 spiro atoms. The van der Waals surface area contributed by atoms with Crippen LogP contribution in [0.2, 0.25) is 0 Å². The van der Waals surface area contributed by atoms with Crippen LogP contribution in [-0.2, 0) is 45.3 Å². The standard InChI is InChI=1S/C38H27N7O14S4/c39-34-33-23(18-31(63(57,58)59)37(38(33)47)45-40-24-4-2-1-3-5-24)17-30(62(54,55)56)36(34)44-42-26-13-8-21(9-14-26)20-6-11-25(12-7-20)41-43-35-28(46)15-10-22-16-27(60(48,49)50)19-29(32(22)35)61(51,52)53/h1-19,40-41H,39H2,(H,48,49,50)(H,51,52,53)(H,54,55,56)(H,57,58,59). The summed E-state index contributed by atoms with van der Waals surface area (Å²) < 4.78 is 137. The fourth-order valence-corrected chi connectivity index (χ4v) is 8.94. The van der Waals surface area contributed by atoms with Crippen molar-refractivity contribution in [2.24, 2.45) is 20.4 Å². The Bertz CT molecular complexity index is 3410. The fourth-order valence-electron chi connectivity index (χ4n) is 6.24. The molecular formula is C38H27N7O14S4.